The van der Waals surface area contributed by atoms with Crippen molar-refractivity contribution in [2.75, 3.05) is 44.4 Å². The molecule has 2 unspecified atom stereocenters. The first-order valence-corrected chi connectivity index (χ1v) is 26.9. The lowest BCUT2D eigenvalue weighted by molar-refractivity contribution is -0.142. The third-order valence-electron chi connectivity index (χ3n) is 13.5. The third-order valence-corrected chi connectivity index (χ3v) is 15.8. The molecule has 27 heteroatoms. The number of carboxylic acids is 1. The second-order valence-corrected chi connectivity index (χ2v) is 21.2. The molecule has 2 aliphatic rings. The van der Waals surface area contributed by atoms with E-state index in [9.17, 15) is 33.6 Å². The van der Waals surface area contributed by atoms with E-state index in [4.69, 9.17) is 46.7 Å². The van der Waals surface area contributed by atoms with Crippen LogP contribution in [0.1, 0.15) is 80.0 Å². The summed E-state index contributed by atoms with van der Waals surface area (Å²) >= 11 is 2.30. The highest BCUT2D eigenvalue weighted by molar-refractivity contribution is 8.00. The lowest BCUT2D eigenvalue weighted by Gasteiger charge is -2.39. The van der Waals surface area contributed by atoms with E-state index in [1.165, 1.54) is 30.6 Å². The van der Waals surface area contributed by atoms with E-state index in [2.05, 4.69) is 20.4 Å². The number of nitrogens with zero attached hydrogens (tertiary/aromatic N) is 11. The zero-order valence-electron chi connectivity index (χ0n) is 43.3. The van der Waals surface area contributed by atoms with Crippen molar-refractivity contribution in [3.05, 3.63) is 75.1 Å². The predicted octanol–water partition coefficient (Wildman–Crippen LogP) is 3.45. The Morgan fingerprint density at radius 1 is 0.936 bits per heavy atom. The normalized spacial score (nSPS) is 15.3. The van der Waals surface area contributed by atoms with Crippen LogP contribution in [0.25, 0.3) is 44.6 Å². The molecule has 2 fully saturated rings. The second-order valence-electron chi connectivity index (χ2n) is 18.7. The maximum absolute atomic E-state index is 13.8. The summed E-state index contributed by atoms with van der Waals surface area (Å²) in [4.78, 5) is 116. The van der Waals surface area contributed by atoms with E-state index in [1.54, 1.807) is 39.4 Å². The maximum atomic E-state index is 13.8. The number of aliphatic carboxylic acids is 1. The number of aryl methyl sites for hydroxylation is 4. The number of nitrogens with one attached hydrogen (secondary N) is 1. The number of nitrogens with two attached hydrogens (primary N) is 3. The van der Waals surface area contributed by atoms with Crippen LogP contribution in [-0.2, 0) is 45.2 Å². The Bertz CT molecular complexity index is 3600. The summed E-state index contributed by atoms with van der Waals surface area (Å²) in [6.07, 6.45) is 6.39. The fraction of sp³-hybridized carbons (Fsp3) is 0.392. The van der Waals surface area contributed by atoms with Crippen LogP contribution in [0.4, 0.5) is 5.95 Å². The Morgan fingerprint density at radius 3 is 2.35 bits per heavy atom. The molecule has 6 amide bonds. The fourth-order valence-electron chi connectivity index (χ4n) is 9.52. The highest BCUT2D eigenvalue weighted by atomic mass is 32.2. The Hall–Kier alpha value is -8.30. The number of benzene rings is 2. The highest BCUT2D eigenvalue weighted by Gasteiger charge is 2.40. The van der Waals surface area contributed by atoms with Gasteiger partial charge in [-0.05, 0) is 63.8 Å². The van der Waals surface area contributed by atoms with Crippen molar-refractivity contribution >= 4 is 103 Å². The number of fused-ring (bicyclic) bond motifs is 4. The van der Waals surface area contributed by atoms with Crippen LogP contribution in [0.5, 0.6) is 11.5 Å². The maximum Gasteiger partial charge on any atom is 0.321 e. The number of amides is 6. The first kappa shape index (κ1) is 54.5. The molecule has 2 atom stereocenters. The molecule has 78 heavy (non-hydrogen) atoms. The molecule has 2 aromatic carbocycles. The lowest BCUT2D eigenvalue weighted by atomic mass is 9.96. The van der Waals surface area contributed by atoms with Crippen molar-refractivity contribution in [1.29, 1.82) is 0 Å². The van der Waals surface area contributed by atoms with Gasteiger partial charge in [0.2, 0.25) is 35.5 Å². The Labute approximate surface area is 453 Å². The quantitative estimate of drug-likeness (QED) is 0.0452. The number of primary amides is 2. The molecule has 5 aromatic heterocycles. The van der Waals surface area contributed by atoms with Crippen molar-refractivity contribution in [1.82, 2.24) is 53.6 Å². The van der Waals surface area contributed by atoms with Crippen molar-refractivity contribution in [2.24, 2.45) is 23.1 Å². The lowest BCUT2D eigenvalue weighted by Crippen LogP contribution is -2.51. The predicted molar refractivity (Wildman–Crippen MR) is 289 cm³/mol. The number of carboxylic acid groups (broad SMARTS) is 1. The van der Waals surface area contributed by atoms with Gasteiger partial charge in [0.1, 0.15) is 39.4 Å². The molecular formula is C51H57N15O10S2. The number of hydrogen-bond acceptors (Lipinski definition) is 18. The van der Waals surface area contributed by atoms with Crippen LogP contribution in [0.15, 0.2) is 42.6 Å². The molecule has 0 radical (unpaired) electrons. The minimum Gasteiger partial charge on any atom is -0.494 e. The minimum absolute atomic E-state index is 0.0285. The number of aromatic nitrogens is 9. The molecule has 0 aliphatic carbocycles. The van der Waals surface area contributed by atoms with Crippen LogP contribution in [0.3, 0.4) is 0 Å². The largest absolute Gasteiger partial charge is 0.494 e. The first-order chi connectivity index (χ1) is 37.4. The molecule has 25 nitrogen and oxygen atoms in total. The number of likely N-dealkylation sites (tertiary alicyclic amines) is 2. The second kappa shape index (κ2) is 22.7. The van der Waals surface area contributed by atoms with Crippen LogP contribution < -0.4 is 32.0 Å². The van der Waals surface area contributed by atoms with E-state index in [0.29, 0.717) is 105 Å². The van der Waals surface area contributed by atoms with Gasteiger partial charge in [-0.3, -0.25) is 43.8 Å². The van der Waals surface area contributed by atoms with E-state index in [1.807, 2.05) is 37.5 Å². The molecule has 8 N–H and O–H groups in total. The molecule has 2 saturated heterocycles. The average molecular weight is 1100 g/mol. The number of imide groups is 1. The SMILES string of the molecule is CCc1nc(C)sc1C(=O)Nc1nc2cc(C(N)=O)cc(OC)c2n1C/C=C/Cn1c2nc(-c3nc(C)nn3CC)ncc2c2cc(C(N)=O)cc(OCCC3CN(C(=O)CCN4C(=O)CC(SCC(N)C(=O)O)C4=O)C3)c21. The zero-order chi connectivity index (χ0) is 55.7. The number of allylic oxidation sites excluding steroid dienone is 2. The van der Waals surface area contributed by atoms with Crippen LogP contribution in [0.2, 0.25) is 0 Å². The Kier molecular flexibility index (Phi) is 15.9. The zero-order valence-corrected chi connectivity index (χ0v) is 45.0. The van der Waals surface area contributed by atoms with E-state index in [0.717, 1.165) is 21.7 Å². The molecule has 7 aromatic rings. The number of imidazole rings is 1. The minimum atomic E-state index is -1.20. The smallest absolute Gasteiger partial charge is 0.321 e. The molecule has 9 rings (SSSR count). The van der Waals surface area contributed by atoms with Crippen molar-refractivity contribution in [3.8, 4) is 23.1 Å². The fourth-order valence-corrected chi connectivity index (χ4v) is 11.5. The molecule has 0 saturated carbocycles. The number of carbonyl (C=O) groups is 7. The van der Waals surface area contributed by atoms with Gasteiger partial charge in [-0.2, -0.15) is 5.10 Å². The Balaban J connectivity index is 0.975. The van der Waals surface area contributed by atoms with Crippen molar-refractivity contribution < 1.29 is 48.1 Å². The van der Waals surface area contributed by atoms with Gasteiger partial charge >= 0.3 is 5.97 Å². The standard InChI is InChI=1S/C51H57N15O10S2/c1-6-33-42(78-26(4)57-33)48(71)60-51-58-34-17-29(44(54)70)18-35(75-5)41(34)65(51)13-9-8-12-64-40-30(31-21-55-45(59-46(31)64)47-56-25(3)61-66(47)7-2)16-28(43(53)69)19-36(40)76-15-11-27-22-62(23-27)38(67)10-14-63-39(68)20-37(49(63)72)77-24-32(52)50(73)74/h8-9,16-19,21,27,32,37H,6-7,10-15,20,22-24,52H2,1-5H3,(H2,53,69)(H2,54,70)(H,73,74)(H,58,60,71)/b9-8+. The number of thioether (sulfide) groups is 1. The van der Waals surface area contributed by atoms with Crippen LogP contribution >= 0.6 is 23.1 Å². The van der Waals surface area contributed by atoms with E-state index in [-0.39, 0.29) is 73.7 Å². The van der Waals surface area contributed by atoms with Gasteiger partial charge in [0, 0.05) is 86.0 Å². The number of hydrogen-bond donors (Lipinski definition) is 5. The third kappa shape index (κ3) is 11.0. The van der Waals surface area contributed by atoms with E-state index >= 15 is 0 Å². The summed E-state index contributed by atoms with van der Waals surface area (Å²) in [6.45, 7) is 9.31. The summed E-state index contributed by atoms with van der Waals surface area (Å²) < 4.78 is 17.7. The molecule has 0 spiro atoms. The molecule has 0 bridgehead atoms. The number of ether oxygens (including phenoxy) is 2. The molecule has 2 aliphatic heterocycles. The van der Waals surface area contributed by atoms with Crippen LogP contribution in [0, 0.1) is 19.8 Å². The number of thiazole rings is 1. The summed E-state index contributed by atoms with van der Waals surface area (Å²) in [7, 11) is 1.46. The summed E-state index contributed by atoms with van der Waals surface area (Å²) in [5.74, 6) is -1.86. The van der Waals surface area contributed by atoms with Crippen LogP contribution in [-0.4, -0.2) is 151 Å². The number of anilines is 1. The summed E-state index contributed by atoms with van der Waals surface area (Å²) in [5.41, 5.74) is 20.1. The van der Waals surface area contributed by atoms with Gasteiger partial charge in [0.25, 0.3) is 5.91 Å². The first-order valence-electron chi connectivity index (χ1n) is 25.1. The number of rotatable bonds is 23. The van der Waals surface area contributed by atoms with Gasteiger partial charge < -0.3 is 45.8 Å². The van der Waals surface area contributed by atoms with Gasteiger partial charge in [0.05, 0.1) is 40.7 Å². The monoisotopic (exact) mass is 1100 g/mol. The molecular weight excluding hydrogens is 1050 g/mol. The van der Waals surface area contributed by atoms with Gasteiger partial charge in [-0.25, -0.2) is 29.6 Å². The summed E-state index contributed by atoms with van der Waals surface area (Å²) in [5, 5.41) is 17.7. The highest BCUT2D eigenvalue weighted by Crippen LogP contribution is 2.38. The number of carbonyl (C=O) groups excluding carboxylic acids is 6. The van der Waals surface area contributed by atoms with Gasteiger partial charge in [-0.15, -0.1) is 23.1 Å². The van der Waals surface area contributed by atoms with E-state index < -0.39 is 46.8 Å². The van der Waals surface area contributed by atoms with Crippen molar-refractivity contribution in [2.45, 2.75) is 84.3 Å². The average Bonchev–Trinajstić information content (AvgIpc) is 4.29. The number of methoxy groups -OCH3 is 1. The molecule has 7 heterocycles. The van der Waals surface area contributed by atoms with Crippen molar-refractivity contribution in [3.63, 3.8) is 0 Å². The molecule has 408 valence electrons. The van der Waals surface area contributed by atoms with Gasteiger partial charge in [-0.1, -0.05) is 19.1 Å². The van der Waals surface area contributed by atoms with Gasteiger partial charge in [0.15, 0.2) is 11.6 Å². The topological polar surface area (TPSA) is 347 Å². The summed E-state index contributed by atoms with van der Waals surface area (Å²) in [6, 6.07) is 5.15. The Morgan fingerprint density at radius 2 is 1.65 bits per heavy atom.